The molecule has 1 N–H and O–H groups in total. The number of aryl methyl sites for hydroxylation is 2. The molecule has 0 aliphatic heterocycles. The molecule has 0 saturated carbocycles. The number of nitrogens with one attached hydrogen (secondary N) is 1. The Balaban J connectivity index is 1.93. The van der Waals surface area contributed by atoms with Crippen LogP contribution in [0.4, 0.5) is 5.69 Å². The van der Waals surface area contributed by atoms with Gasteiger partial charge in [-0.3, -0.25) is 4.79 Å². The fraction of sp³-hybridized carbons (Fsp3) is 0.208. The molecule has 0 saturated heterocycles. The van der Waals surface area contributed by atoms with Crippen LogP contribution < -0.4 is 5.32 Å². The lowest BCUT2D eigenvalue weighted by atomic mass is 10.1. The normalized spacial score (nSPS) is 11.6. The molecule has 1 amide bonds. The van der Waals surface area contributed by atoms with Gasteiger partial charge in [0.25, 0.3) is 0 Å². The third-order valence-corrected chi connectivity index (χ3v) is 7.61. The van der Waals surface area contributed by atoms with Gasteiger partial charge in [-0.15, -0.1) is 0 Å². The summed E-state index contributed by atoms with van der Waals surface area (Å²) >= 11 is 12.3. The van der Waals surface area contributed by atoms with E-state index in [1.807, 2.05) is 32.9 Å². The Bertz CT molecular complexity index is 1240. The van der Waals surface area contributed by atoms with Crippen LogP contribution in [-0.2, 0) is 21.4 Å². The minimum Gasteiger partial charge on any atom is -0.325 e. The number of nitrogens with zero attached hydrogens (tertiary/aromatic N) is 1. The molecule has 0 aliphatic carbocycles. The smallest absolute Gasteiger partial charge is 0.243 e. The van der Waals surface area contributed by atoms with E-state index in [9.17, 15) is 13.2 Å². The van der Waals surface area contributed by atoms with Crippen molar-refractivity contribution in [3.05, 3.63) is 93.0 Å². The molecule has 0 radical (unpaired) electrons. The Kier molecular flexibility index (Phi) is 7.62. The van der Waals surface area contributed by atoms with Crippen LogP contribution in [0.1, 0.15) is 22.3 Å². The summed E-state index contributed by atoms with van der Waals surface area (Å²) in [5.41, 5.74) is 4.08. The molecule has 0 unspecified atom stereocenters. The first-order valence-electron chi connectivity index (χ1n) is 9.95. The first kappa shape index (κ1) is 24.3. The molecule has 32 heavy (non-hydrogen) atoms. The number of carbonyl (C=O) groups excluding carboxylic acids is 1. The van der Waals surface area contributed by atoms with E-state index in [0.29, 0.717) is 21.3 Å². The molecular formula is C24H24Cl2N2O3S. The van der Waals surface area contributed by atoms with Gasteiger partial charge in [-0.05, 0) is 67.8 Å². The van der Waals surface area contributed by atoms with E-state index in [1.165, 1.54) is 12.1 Å². The molecule has 3 rings (SSSR count). The molecule has 3 aromatic rings. The second kappa shape index (κ2) is 10.0. The summed E-state index contributed by atoms with van der Waals surface area (Å²) in [5.74, 6) is -0.445. The van der Waals surface area contributed by atoms with Crippen molar-refractivity contribution in [2.45, 2.75) is 32.2 Å². The molecule has 168 valence electrons. The first-order chi connectivity index (χ1) is 15.1. The van der Waals surface area contributed by atoms with Crippen molar-refractivity contribution in [1.29, 1.82) is 0 Å². The van der Waals surface area contributed by atoms with Crippen LogP contribution >= 0.6 is 23.2 Å². The van der Waals surface area contributed by atoms with Crippen molar-refractivity contribution in [3.63, 3.8) is 0 Å². The van der Waals surface area contributed by atoms with Crippen molar-refractivity contribution in [3.8, 4) is 0 Å². The van der Waals surface area contributed by atoms with Gasteiger partial charge in [-0.25, -0.2) is 8.42 Å². The minimum atomic E-state index is -3.97. The Morgan fingerprint density at radius 2 is 1.66 bits per heavy atom. The van der Waals surface area contributed by atoms with Crippen LogP contribution in [0, 0.1) is 20.8 Å². The Morgan fingerprint density at radius 3 is 2.31 bits per heavy atom. The van der Waals surface area contributed by atoms with E-state index >= 15 is 0 Å². The number of carbonyl (C=O) groups is 1. The highest BCUT2D eigenvalue weighted by Crippen LogP contribution is 2.26. The maximum Gasteiger partial charge on any atom is 0.243 e. The number of hydrogen-bond donors (Lipinski definition) is 1. The minimum absolute atomic E-state index is 0.0770. The third kappa shape index (κ3) is 5.70. The predicted octanol–water partition coefficient (Wildman–Crippen LogP) is 5.75. The van der Waals surface area contributed by atoms with E-state index < -0.39 is 15.9 Å². The summed E-state index contributed by atoms with van der Waals surface area (Å²) in [6, 6.07) is 16.9. The molecule has 0 heterocycles. The van der Waals surface area contributed by atoms with Crippen LogP contribution in [0.25, 0.3) is 0 Å². The highest BCUT2D eigenvalue weighted by Gasteiger charge is 2.28. The summed E-state index contributed by atoms with van der Waals surface area (Å²) in [5, 5.41) is 3.60. The van der Waals surface area contributed by atoms with E-state index in [2.05, 4.69) is 5.32 Å². The van der Waals surface area contributed by atoms with Crippen molar-refractivity contribution in [2.75, 3.05) is 11.9 Å². The fourth-order valence-electron chi connectivity index (χ4n) is 3.16. The van der Waals surface area contributed by atoms with Gasteiger partial charge >= 0.3 is 0 Å². The molecule has 0 atom stereocenters. The average Bonchev–Trinajstić information content (AvgIpc) is 2.73. The number of halogens is 2. The van der Waals surface area contributed by atoms with E-state index in [-0.39, 0.29) is 18.0 Å². The van der Waals surface area contributed by atoms with Crippen LogP contribution in [-0.4, -0.2) is 25.2 Å². The molecule has 3 aromatic carbocycles. The predicted molar refractivity (Wildman–Crippen MR) is 130 cm³/mol. The van der Waals surface area contributed by atoms with E-state index in [4.69, 9.17) is 23.2 Å². The van der Waals surface area contributed by atoms with Gasteiger partial charge in [0.2, 0.25) is 15.9 Å². The Labute approximate surface area is 199 Å². The summed E-state index contributed by atoms with van der Waals surface area (Å²) in [7, 11) is -3.97. The van der Waals surface area contributed by atoms with Gasteiger partial charge in [0.1, 0.15) is 0 Å². The van der Waals surface area contributed by atoms with Crippen molar-refractivity contribution >= 4 is 44.8 Å². The summed E-state index contributed by atoms with van der Waals surface area (Å²) in [4.78, 5) is 13.0. The molecule has 0 aliphatic rings. The van der Waals surface area contributed by atoms with Gasteiger partial charge in [0.15, 0.2) is 0 Å². The van der Waals surface area contributed by atoms with Gasteiger partial charge in [-0.2, -0.15) is 4.31 Å². The molecule has 0 spiro atoms. The van der Waals surface area contributed by atoms with Crippen LogP contribution in [0.5, 0.6) is 0 Å². The lowest BCUT2D eigenvalue weighted by Gasteiger charge is -2.23. The zero-order valence-electron chi connectivity index (χ0n) is 18.0. The van der Waals surface area contributed by atoms with Gasteiger partial charge < -0.3 is 5.32 Å². The summed E-state index contributed by atoms with van der Waals surface area (Å²) < 4.78 is 27.9. The van der Waals surface area contributed by atoms with E-state index in [0.717, 1.165) is 21.0 Å². The maximum absolute atomic E-state index is 13.4. The number of anilines is 1. The highest BCUT2D eigenvalue weighted by molar-refractivity contribution is 7.89. The van der Waals surface area contributed by atoms with Crippen LogP contribution in [0.3, 0.4) is 0 Å². The number of rotatable bonds is 7. The number of hydrogen-bond acceptors (Lipinski definition) is 3. The number of amides is 1. The Hall–Kier alpha value is -2.38. The summed E-state index contributed by atoms with van der Waals surface area (Å²) in [6.45, 7) is 5.27. The number of sulfonamides is 1. The van der Waals surface area contributed by atoms with E-state index in [1.54, 1.807) is 36.4 Å². The summed E-state index contributed by atoms with van der Waals surface area (Å²) in [6.07, 6.45) is 0. The second-order valence-electron chi connectivity index (χ2n) is 7.62. The molecule has 5 nitrogen and oxygen atoms in total. The van der Waals surface area contributed by atoms with Crippen molar-refractivity contribution in [1.82, 2.24) is 4.31 Å². The zero-order valence-corrected chi connectivity index (χ0v) is 20.4. The van der Waals surface area contributed by atoms with Gasteiger partial charge in [-0.1, -0.05) is 59.1 Å². The fourth-order valence-corrected chi connectivity index (χ4v) is 5.00. The lowest BCUT2D eigenvalue weighted by Crippen LogP contribution is -2.37. The van der Waals surface area contributed by atoms with Gasteiger partial charge in [0, 0.05) is 22.3 Å². The molecule has 0 bridgehead atoms. The van der Waals surface area contributed by atoms with Crippen LogP contribution in [0.2, 0.25) is 10.0 Å². The molecule has 0 fully saturated rings. The highest BCUT2D eigenvalue weighted by atomic mass is 35.5. The molecule has 8 heteroatoms. The van der Waals surface area contributed by atoms with Crippen molar-refractivity contribution < 1.29 is 13.2 Å². The zero-order chi connectivity index (χ0) is 23.5. The standard InChI is InChI=1S/C24H24Cl2N2O3S/c1-16-7-11-21(12-8-16)32(30,31)28(14-19-9-10-20(25)13-22(19)26)15-24(29)27-23-6-4-5-17(2)18(23)3/h4-13H,14-15H2,1-3H3,(H,27,29). The van der Waals surface area contributed by atoms with Gasteiger partial charge in [0.05, 0.1) is 11.4 Å². The largest absolute Gasteiger partial charge is 0.325 e. The third-order valence-electron chi connectivity index (χ3n) is 5.22. The van der Waals surface area contributed by atoms with Crippen molar-refractivity contribution in [2.24, 2.45) is 0 Å². The monoisotopic (exact) mass is 490 g/mol. The maximum atomic E-state index is 13.4. The lowest BCUT2D eigenvalue weighted by molar-refractivity contribution is -0.116. The molecule has 0 aromatic heterocycles. The Morgan fingerprint density at radius 1 is 0.969 bits per heavy atom. The second-order valence-corrected chi connectivity index (χ2v) is 10.4. The molecular weight excluding hydrogens is 467 g/mol. The van der Waals surface area contributed by atoms with Crippen LogP contribution in [0.15, 0.2) is 65.6 Å². The number of benzene rings is 3. The quantitative estimate of drug-likeness (QED) is 0.458. The average molecular weight is 491 g/mol. The SMILES string of the molecule is Cc1ccc(S(=O)(=O)N(CC(=O)Nc2cccc(C)c2C)Cc2ccc(Cl)cc2Cl)cc1. The topological polar surface area (TPSA) is 66.5 Å². The first-order valence-corrected chi connectivity index (χ1v) is 12.1.